The maximum absolute atomic E-state index is 13.5. The molecule has 0 bridgehead atoms. The molecule has 1 atom stereocenters. The van der Waals surface area contributed by atoms with Crippen molar-refractivity contribution in [3.63, 3.8) is 0 Å². The highest BCUT2D eigenvalue weighted by Gasteiger charge is 2.39. The number of carbonyl (C=O) groups is 2. The number of carbonyl (C=O) groups excluding carboxylic acids is 2. The van der Waals surface area contributed by atoms with Gasteiger partial charge in [-0.2, -0.15) is 18.3 Å². The maximum atomic E-state index is 13.5. The third-order valence-corrected chi connectivity index (χ3v) is 6.33. The minimum Gasteiger partial charge on any atom is -0.352 e. The molecule has 1 fully saturated rings. The molecule has 184 valence electrons. The third kappa shape index (κ3) is 5.85. The molecule has 35 heavy (non-hydrogen) atoms. The van der Waals surface area contributed by atoms with Crippen LogP contribution in [0.2, 0.25) is 5.02 Å². The number of aromatic nitrogens is 2. The Morgan fingerprint density at radius 3 is 2.51 bits per heavy atom. The van der Waals surface area contributed by atoms with Gasteiger partial charge in [-0.1, -0.05) is 48.0 Å². The number of halogens is 4. The van der Waals surface area contributed by atoms with Gasteiger partial charge in [0.1, 0.15) is 0 Å². The van der Waals surface area contributed by atoms with Crippen LogP contribution in [0.4, 0.5) is 13.2 Å². The fourth-order valence-electron chi connectivity index (χ4n) is 4.20. The number of rotatable bonds is 7. The molecular weight excluding hydrogens is 481 g/mol. The second kappa shape index (κ2) is 10.5. The minimum atomic E-state index is -4.78. The van der Waals surface area contributed by atoms with E-state index in [1.165, 1.54) is 0 Å². The fourth-order valence-corrected chi connectivity index (χ4v) is 4.49. The van der Waals surface area contributed by atoms with Gasteiger partial charge in [0.2, 0.25) is 5.91 Å². The van der Waals surface area contributed by atoms with E-state index >= 15 is 0 Å². The number of amides is 2. The monoisotopic (exact) mass is 504 g/mol. The molecule has 0 aliphatic carbocycles. The van der Waals surface area contributed by atoms with Gasteiger partial charge >= 0.3 is 6.18 Å². The zero-order valence-electron chi connectivity index (χ0n) is 18.8. The molecule has 2 amide bonds. The first-order valence-electron chi connectivity index (χ1n) is 11.3. The molecule has 2 aromatic carbocycles. The smallest absolute Gasteiger partial charge is 0.352 e. The van der Waals surface area contributed by atoms with Gasteiger partial charge < -0.3 is 10.2 Å². The molecule has 6 nitrogen and oxygen atoms in total. The van der Waals surface area contributed by atoms with Gasteiger partial charge in [-0.3, -0.25) is 9.59 Å². The third-order valence-electron chi connectivity index (χ3n) is 5.99. The average molecular weight is 505 g/mol. The molecule has 0 spiro atoms. The van der Waals surface area contributed by atoms with E-state index in [-0.39, 0.29) is 24.8 Å². The van der Waals surface area contributed by atoms with Crippen LogP contribution in [0.25, 0.3) is 5.69 Å². The number of hydrogen-bond donors (Lipinski definition) is 1. The van der Waals surface area contributed by atoms with Gasteiger partial charge in [0.15, 0.2) is 5.69 Å². The molecule has 1 N–H and O–H groups in total. The molecule has 0 saturated carbocycles. The Morgan fingerprint density at radius 1 is 1.09 bits per heavy atom. The van der Waals surface area contributed by atoms with E-state index < -0.39 is 23.3 Å². The van der Waals surface area contributed by atoms with Crippen LogP contribution in [0, 0.1) is 0 Å². The van der Waals surface area contributed by atoms with Crippen molar-refractivity contribution < 1.29 is 22.8 Å². The molecule has 4 rings (SSSR count). The van der Waals surface area contributed by atoms with Crippen LogP contribution >= 0.6 is 11.6 Å². The van der Waals surface area contributed by atoms with E-state index in [4.69, 9.17) is 11.6 Å². The summed E-state index contributed by atoms with van der Waals surface area (Å²) >= 11 is 6.27. The fraction of sp³-hybridized carbons (Fsp3) is 0.320. The SMILES string of the molecule is O=C(NCCCC(=O)N1CCC(c2ccccc2Cl)C1)c1cn(-c2ccccc2)nc1C(F)(F)F. The van der Waals surface area contributed by atoms with Gasteiger partial charge in [0.25, 0.3) is 5.91 Å². The number of hydrogen-bond acceptors (Lipinski definition) is 3. The molecule has 3 aromatic rings. The second-order valence-electron chi connectivity index (χ2n) is 8.38. The summed E-state index contributed by atoms with van der Waals surface area (Å²) in [6.07, 6.45) is -2.40. The lowest BCUT2D eigenvalue weighted by atomic mass is 9.98. The summed E-state index contributed by atoms with van der Waals surface area (Å²) < 4.78 is 41.4. The predicted molar refractivity (Wildman–Crippen MR) is 126 cm³/mol. The van der Waals surface area contributed by atoms with Crippen LogP contribution in [0.3, 0.4) is 0 Å². The van der Waals surface area contributed by atoms with E-state index in [0.717, 1.165) is 22.9 Å². The van der Waals surface area contributed by atoms with Crippen LogP contribution in [0.15, 0.2) is 60.8 Å². The first kappa shape index (κ1) is 24.8. The molecule has 10 heteroatoms. The predicted octanol–water partition coefficient (Wildman–Crippen LogP) is 5.07. The van der Waals surface area contributed by atoms with Crippen molar-refractivity contribution in [3.8, 4) is 5.69 Å². The summed E-state index contributed by atoms with van der Waals surface area (Å²) in [5.74, 6) is -0.761. The minimum absolute atomic E-state index is 0.0540. The highest BCUT2D eigenvalue weighted by molar-refractivity contribution is 6.31. The largest absolute Gasteiger partial charge is 0.435 e. The van der Waals surface area contributed by atoms with Crippen molar-refractivity contribution in [1.29, 1.82) is 0 Å². The van der Waals surface area contributed by atoms with E-state index in [1.54, 1.807) is 35.2 Å². The summed E-state index contributed by atoms with van der Waals surface area (Å²) in [6.45, 7) is 1.26. The molecule has 2 heterocycles. The Kier molecular flexibility index (Phi) is 7.45. The normalized spacial score (nSPS) is 15.9. The summed E-state index contributed by atoms with van der Waals surface area (Å²) in [5, 5.41) is 6.75. The van der Waals surface area contributed by atoms with Crippen LogP contribution in [0.5, 0.6) is 0 Å². The van der Waals surface area contributed by atoms with Crippen molar-refractivity contribution in [2.24, 2.45) is 0 Å². The van der Waals surface area contributed by atoms with Crippen LogP contribution in [0.1, 0.15) is 46.8 Å². The van der Waals surface area contributed by atoms with Crippen molar-refractivity contribution in [2.45, 2.75) is 31.4 Å². The number of likely N-dealkylation sites (tertiary alicyclic amines) is 1. The van der Waals surface area contributed by atoms with Gasteiger partial charge in [-0.05, 0) is 36.6 Å². The Labute approximate surface area is 205 Å². The number of alkyl halides is 3. The Morgan fingerprint density at radius 2 is 1.80 bits per heavy atom. The molecule has 1 unspecified atom stereocenters. The molecule has 1 aliphatic heterocycles. The summed E-state index contributed by atoms with van der Waals surface area (Å²) in [5.41, 5.74) is -0.385. The Hall–Kier alpha value is -3.33. The molecule has 0 radical (unpaired) electrons. The van der Waals surface area contributed by atoms with Crippen LogP contribution in [-0.2, 0) is 11.0 Å². The molecule has 1 saturated heterocycles. The van der Waals surface area contributed by atoms with Gasteiger partial charge in [0, 0.05) is 43.2 Å². The summed E-state index contributed by atoms with van der Waals surface area (Å²) in [4.78, 5) is 26.9. The standard InChI is InChI=1S/C25H24ClF3N4O2/c26-21-10-5-4-9-19(21)17-12-14-32(15-17)22(34)11-6-13-30-24(35)20-16-33(18-7-2-1-3-8-18)31-23(20)25(27,28)29/h1-5,7-10,16-17H,6,11-15H2,(H,30,35). The molecule has 1 aliphatic rings. The van der Waals surface area contributed by atoms with Crippen LogP contribution < -0.4 is 5.32 Å². The zero-order chi connectivity index (χ0) is 25.0. The molecule has 1 aromatic heterocycles. The van der Waals surface area contributed by atoms with Crippen molar-refractivity contribution >= 4 is 23.4 Å². The Balaban J connectivity index is 1.31. The van der Waals surface area contributed by atoms with Crippen molar-refractivity contribution in [3.05, 3.63) is 82.6 Å². The summed E-state index contributed by atoms with van der Waals surface area (Å²) in [6, 6.07) is 15.8. The Bertz CT molecular complexity index is 1200. The lowest BCUT2D eigenvalue weighted by Crippen LogP contribution is -2.30. The highest BCUT2D eigenvalue weighted by atomic mass is 35.5. The van der Waals surface area contributed by atoms with Gasteiger partial charge in [0.05, 0.1) is 11.3 Å². The number of nitrogens with zero attached hydrogens (tertiary/aromatic N) is 3. The maximum Gasteiger partial charge on any atom is 0.435 e. The van der Waals surface area contributed by atoms with E-state index in [1.807, 2.05) is 24.3 Å². The average Bonchev–Trinajstić information content (AvgIpc) is 3.51. The van der Waals surface area contributed by atoms with E-state index in [0.29, 0.717) is 30.2 Å². The quantitative estimate of drug-likeness (QED) is 0.457. The second-order valence-corrected chi connectivity index (χ2v) is 8.78. The number of nitrogens with one attached hydrogen (secondary N) is 1. The molecular formula is C25H24ClF3N4O2. The van der Waals surface area contributed by atoms with E-state index in [2.05, 4.69) is 10.4 Å². The van der Waals surface area contributed by atoms with Crippen molar-refractivity contribution in [2.75, 3.05) is 19.6 Å². The zero-order valence-corrected chi connectivity index (χ0v) is 19.5. The van der Waals surface area contributed by atoms with Gasteiger partial charge in [-0.25, -0.2) is 4.68 Å². The van der Waals surface area contributed by atoms with Gasteiger partial charge in [-0.15, -0.1) is 0 Å². The van der Waals surface area contributed by atoms with E-state index in [9.17, 15) is 22.8 Å². The first-order valence-corrected chi connectivity index (χ1v) is 11.6. The van der Waals surface area contributed by atoms with Crippen molar-refractivity contribution in [1.82, 2.24) is 20.0 Å². The number of para-hydroxylation sites is 1. The lowest BCUT2D eigenvalue weighted by molar-refractivity contribution is -0.141. The summed E-state index contributed by atoms with van der Waals surface area (Å²) in [7, 11) is 0. The topological polar surface area (TPSA) is 67.2 Å². The lowest BCUT2D eigenvalue weighted by Gasteiger charge is -2.17. The van der Waals surface area contributed by atoms with Crippen LogP contribution in [-0.4, -0.2) is 46.1 Å². The number of benzene rings is 2. The first-order chi connectivity index (χ1) is 16.7. The highest BCUT2D eigenvalue weighted by Crippen LogP contribution is 2.33.